The van der Waals surface area contributed by atoms with Gasteiger partial charge in [0, 0.05) is 29.0 Å². The minimum atomic E-state index is -4.21. The second kappa shape index (κ2) is 14.9. The van der Waals surface area contributed by atoms with Crippen LogP contribution in [0.4, 0.5) is 5.69 Å². The number of benzene rings is 4. The zero-order valence-corrected chi connectivity index (χ0v) is 28.0. The van der Waals surface area contributed by atoms with E-state index in [2.05, 4.69) is 21.2 Å². The normalized spacial score (nSPS) is 11.9. The number of nitrogens with zero attached hydrogens (tertiary/aromatic N) is 2. The molecule has 0 aliphatic heterocycles. The van der Waals surface area contributed by atoms with Crippen molar-refractivity contribution < 1.29 is 18.0 Å². The molecule has 0 aliphatic rings. The Hall–Kier alpha value is -3.66. The molecule has 1 atom stereocenters. The van der Waals surface area contributed by atoms with Crippen molar-refractivity contribution in [2.24, 2.45) is 0 Å². The molecular formula is C34H35BrClN3O4S. The maximum Gasteiger partial charge on any atom is 0.264 e. The predicted octanol–water partition coefficient (Wildman–Crippen LogP) is 6.69. The number of aryl methyl sites for hydroxylation is 2. The average molecular weight is 697 g/mol. The smallest absolute Gasteiger partial charge is 0.264 e. The van der Waals surface area contributed by atoms with Crippen LogP contribution < -0.4 is 9.62 Å². The van der Waals surface area contributed by atoms with E-state index < -0.39 is 28.5 Å². The highest BCUT2D eigenvalue weighted by atomic mass is 79.9. The van der Waals surface area contributed by atoms with Crippen molar-refractivity contribution >= 4 is 55.1 Å². The Morgan fingerprint density at radius 2 is 1.55 bits per heavy atom. The summed E-state index contributed by atoms with van der Waals surface area (Å²) in [6, 6.07) is 27.4. The van der Waals surface area contributed by atoms with Gasteiger partial charge in [0.15, 0.2) is 0 Å². The lowest BCUT2D eigenvalue weighted by atomic mass is 10.0. The number of sulfonamides is 1. The number of nitrogens with one attached hydrogen (secondary N) is 1. The van der Waals surface area contributed by atoms with E-state index in [1.54, 1.807) is 37.3 Å². The lowest BCUT2D eigenvalue weighted by Gasteiger charge is -2.34. The first-order valence-corrected chi connectivity index (χ1v) is 16.8. The highest BCUT2D eigenvalue weighted by Gasteiger charge is 2.35. The summed E-state index contributed by atoms with van der Waals surface area (Å²) in [6.45, 7) is 5.37. The Kier molecular flexibility index (Phi) is 11.2. The highest BCUT2D eigenvalue weighted by Crippen LogP contribution is 2.30. The first-order chi connectivity index (χ1) is 21.0. The van der Waals surface area contributed by atoms with Crippen molar-refractivity contribution in [2.75, 3.05) is 17.4 Å². The quantitative estimate of drug-likeness (QED) is 0.179. The first-order valence-electron chi connectivity index (χ1n) is 14.2. The van der Waals surface area contributed by atoms with Gasteiger partial charge >= 0.3 is 0 Å². The molecular weight excluding hydrogens is 662 g/mol. The number of anilines is 1. The maximum absolute atomic E-state index is 14.5. The van der Waals surface area contributed by atoms with Crippen molar-refractivity contribution in [3.8, 4) is 0 Å². The van der Waals surface area contributed by atoms with Crippen LogP contribution >= 0.6 is 27.5 Å². The number of hydrogen-bond acceptors (Lipinski definition) is 4. The molecule has 1 N–H and O–H groups in total. The van der Waals surface area contributed by atoms with Gasteiger partial charge in [-0.3, -0.25) is 13.9 Å². The molecule has 44 heavy (non-hydrogen) atoms. The number of carbonyl (C=O) groups excluding carboxylic acids is 2. The van der Waals surface area contributed by atoms with Crippen molar-refractivity contribution in [3.63, 3.8) is 0 Å². The van der Waals surface area contributed by atoms with Gasteiger partial charge in [0.2, 0.25) is 11.8 Å². The standard InChI is InChI=1S/C34H35BrClN3O4S/c1-4-37-34(41)32(20-26-8-6-5-7-9-26)38(22-27-13-15-28(35)16-14-27)33(40)23-39(31-21-29(36)17-12-25(31)3)44(42,43)30-18-10-24(2)11-19-30/h5-19,21,32H,4,20,22-23H2,1-3H3,(H,37,41)/t32-/m1/s1. The Morgan fingerprint density at radius 3 is 2.18 bits per heavy atom. The molecule has 230 valence electrons. The van der Waals surface area contributed by atoms with E-state index in [1.807, 2.05) is 68.4 Å². The topological polar surface area (TPSA) is 86.8 Å². The van der Waals surface area contributed by atoms with Crippen molar-refractivity contribution in [1.29, 1.82) is 0 Å². The Bertz CT molecular complexity index is 1700. The van der Waals surface area contributed by atoms with Crippen LogP contribution in [0.1, 0.15) is 29.2 Å². The Balaban J connectivity index is 1.82. The molecule has 10 heteroatoms. The number of hydrogen-bond donors (Lipinski definition) is 1. The lowest BCUT2D eigenvalue weighted by Crippen LogP contribution is -2.53. The van der Waals surface area contributed by atoms with Gasteiger partial charge in [-0.1, -0.05) is 93.8 Å². The van der Waals surface area contributed by atoms with Crippen molar-refractivity contribution in [3.05, 3.63) is 129 Å². The summed E-state index contributed by atoms with van der Waals surface area (Å²) in [5, 5.41) is 3.20. The van der Waals surface area contributed by atoms with Gasteiger partial charge in [-0.2, -0.15) is 0 Å². The maximum atomic E-state index is 14.5. The van der Waals surface area contributed by atoms with Gasteiger partial charge in [0.05, 0.1) is 10.6 Å². The van der Waals surface area contributed by atoms with Crippen LogP contribution in [0.2, 0.25) is 5.02 Å². The van der Waals surface area contributed by atoms with Crippen LogP contribution in [0, 0.1) is 13.8 Å². The van der Waals surface area contributed by atoms with Crippen molar-refractivity contribution in [1.82, 2.24) is 10.2 Å². The number of halogens is 2. The highest BCUT2D eigenvalue weighted by molar-refractivity contribution is 9.10. The minimum Gasteiger partial charge on any atom is -0.355 e. The van der Waals surface area contributed by atoms with Crippen LogP contribution in [0.25, 0.3) is 0 Å². The number of likely N-dealkylation sites (N-methyl/N-ethyl adjacent to an activating group) is 1. The van der Waals surface area contributed by atoms with E-state index in [0.717, 1.165) is 25.5 Å². The van der Waals surface area contributed by atoms with E-state index >= 15 is 0 Å². The van der Waals surface area contributed by atoms with Gasteiger partial charge < -0.3 is 10.2 Å². The monoisotopic (exact) mass is 695 g/mol. The van der Waals surface area contributed by atoms with Crippen LogP contribution in [0.5, 0.6) is 0 Å². The largest absolute Gasteiger partial charge is 0.355 e. The molecule has 0 fully saturated rings. The number of rotatable bonds is 12. The first kappa shape index (κ1) is 33.2. The van der Waals surface area contributed by atoms with Crippen LogP contribution in [-0.4, -0.2) is 44.3 Å². The molecule has 7 nitrogen and oxygen atoms in total. The fourth-order valence-electron chi connectivity index (χ4n) is 4.83. The third-order valence-corrected chi connectivity index (χ3v) is 9.75. The summed E-state index contributed by atoms with van der Waals surface area (Å²) in [6.07, 6.45) is 0.246. The molecule has 4 rings (SSSR count). The molecule has 0 saturated carbocycles. The summed E-state index contributed by atoms with van der Waals surface area (Å²) in [5.41, 5.74) is 3.47. The molecule has 0 aliphatic carbocycles. The molecule has 0 bridgehead atoms. The van der Waals surface area contributed by atoms with Gasteiger partial charge in [0.25, 0.3) is 10.0 Å². The average Bonchev–Trinajstić information content (AvgIpc) is 3.00. The number of carbonyl (C=O) groups is 2. The molecule has 0 spiro atoms. The zero-order chi connectivity index (χ0) is 31.9. The summed E-state index contributed by atoms with van der Waals surface area (Å²) >= 11 is 9.79. The molecule has 0 unspecified atom stereocenters. The van der Waals surface area contributed by atoms with Crippen LogP contribution in [0.3, 0.4) is 0 Å². The van der Waals surface area contributed by atoms with E-state index in [-0.39, 0.29) is 29.5 Å². The van der Waals surface area contributed by atoms with Crippen molar-refractivity contribution in [2.45, 2.75) is 44.7 Å². The van der Waals surface area contributed by atoms with E-state index in [1.165, 1.54) is 17.0 Å². The third kappa shape index (κ3) is 8.28. The SMILES string of the molecule is CCNC(=O)[C@@H](Cc1ccccc1)N(Cc1ccc(Br)cc1)C(=O)CN(c1cc(Cl)ccc1C)S(=O)(=O)c1ccc(C)cc1. The molecule has 2 amide bonds. The molecule has 4 aromatic rings. The molecule has 0 heterocycles. The molecule has 0 aromatic heterocycles. The molecule has 0 radical (unpaired) electrons. The number of amides is 2. The second-order valence-corrected chi connectivity index (χ2v) is 13.7. The van der Waals surface area contributed by atoms with E-state index in [9.17, 15) is 18.0 Å². The minimum absolute atomic E-state index is 0.0410. The summed E-state index contributed by atoms with van der Waals surface area (Å²) in [7, 11) is -4.21. The zero-order valence-electron chi connectivity index (χ0n) is 24.8. The summed E-state index contributed by atoms with van der Waals surface area (Å²) in [5.74, 6) is -0.858. The molecule has 0 saturated heterocycles. The molecule has 4 aromatic carbocycles. The predicted molar refractivity (Wildman–Crippen MR) is 179 cm³/mol. The van der Waals surface area contributed by atoms with E-state index in [0.29, 0.717) is 17.1 Å². The van der Waals surface area contributed by atoms with Gasteiger partial charge in [0.1, 0.15) is 12.6 Å². The summed E-state index contributed by atoms with van der Waals surface area (Å²) < 4.78 is 30.3. The van der Waals surface area contributed by atoms with Gasteiger partial charge in [-0.05, 0) is 73.9 Å². The fraction of sp³-hybridized carbons (Fsp3) is 0.235. The van der Waals surface area contributed by atoms with Gasteiger partial charge in [-0.15, -0.1) is 0 Å². The third-order valence-electron chi connectivity index (χ3n) is 7.22. The van der Waals surface area contributed by atoms with E-state index in [4.69, 9.17) is 11.6 Å². The summed E-state index contributed by atoms with van der Waals surface area (Å²) in [4.78, 5) is 29.6. The lowest BCUT2D eigenvalue weighted by molar-refractivity contribution is -0.140. The van der Waals surface area contributed by atoms with Crippen LogP contribution in [0.15, 0.2) is 106 Å². The Morgan fingerprint density at radius 1 is 0.886 bits per heavy atom. The second-order valence-electron chi connectivity index (χ2n) is 10.5. The van der Waals surface area contributed by atoms with Gasteiger partial charge in [-0.25, -0.2) is 8.42 Å². The fourth-order valence-corrected chi connectivity index (χ4v) is 6.74. The Labute approximate surface area is 273 Å². The van der Waals surface area contributed by atoms with Crippen LogP contribution in [-0.2, 0) is 32.6 Å².